The first kappa shape index (κ1) is 17.4. The molecule has 0 unspecified atom stereocenters. The highest BCUT2D eigenvalue weighted by atomic mass is 16.5. The van der Waals surface area contributed by atoms with Crippen LogP contribution in [-0.4, -0.2) is 31.4 Å². The minimum Gasteiger partial charge on any atom is -0.492 e. The Hall–Kier alpha value is -1.55. The quantitative estimate of drug-likeness (QED) is 0.190. The number of rotatable bonds is 11. The van der Waals surface area contributed by atoms with Gasteiger partial charge >= 0.3 is 5.97 Å². The van der Waals surface area contributed by atoms with Gasteiger partial charge in [0.1, 0.15) is 12.4 Å². The molecule has 4 nitrogen and oxygen atoms in total. The first-order chi connectivity index (χ1) is 8.91. The van der Waals surface area contributed by atoms with Crippen molar-refractivity contribution in [1.29, 1.82) is 0 Å². The molecule has 0 spiro atoms. The number of ether oxygens (including phenoxy) is 3. The summed E-state index contributed by atoms with van der Waals surface area (Å²) in [6.07, 6.45) is 4.25. The molecule has 0 rings (SSSR count). The highest BCUT2D eigenvalue weighted by Crippen LogP contribution is 2.16. The van der Waals surface area contributed by atoms with E-state index in [0.717, 1.165) is 18.9 Å². The van der Waals surface area contributed by atoms with Crippen molar-refractivity contribution in [3.63, 3.8) is 0 Å². The zero-order chi connectivity index (χ0) is 14.7. The second kappa shape index (κ2) is 9.39. The molecule has 0 aromatic rings. The zero-order valence-electron chi connectivity index (χ0n) is 11.9. The highest BCUT2D eigenvalue weighted by molar-refractivity contribution is 5.81. The fourth-order valence-corrected chi connectivity index (χ4v) is 1.35. The molecule has 4 heteroatoms. The molecule has 0 aromatic carbocycles. The van der Waals surface area contributed by atoms with E-state index in [0.29, 0.717) is 25.6 Å². The highest BCUT2D eigenvalue weighted by Gasteiger charge is 2.17. The Bertz CT molecular complexity index is 288. The van der Waals surface area contributed by atoms with E-state index in [1.54, 1.807) is 6.08 Å². The topological polar surface area (TPSA) is 44.8 Å². The molecule has 0 N–H and O–H groups in total. The van der Waals surface area contributed by atoms with E-state index in [9.17, 15) is 4.79 Å². The van der Waals surface area contributed by atoms with Crippen LogP contribution in [0, 0.1) is 0 Å². The lowest BCUT2D eigenvalue weighted by Crippen LogP contribution is -2.27. The molecule has 0 saturated heterocycles. The third-order valence-electron chi connectivity index (χ3n) is 2.43. The maximum atomic E-state index is 10.8. The SMILES string of the molecule is C=CC(=C)OCCOC(C)(C)CCCOC(=O)C=C. The Labute approximate surface area is 115 Å². The number of carbonyl (C=O) groups is 1. The van der Waals surface area contributed by atoms with Gasteiger partial charge in [0.25, 0.3) is 0 Å². The summed E-state index contributed by atoms with van der Waals surface area (Å²) < 4.78 is 15.8. The second-order valence-electron chi connectivity index (χ2n) is 4.60. The van der Waals surface area contributed by atoms with Crippen LogP contribution in [0.5, 0.6) is 0 Å². The van der Waals surface area contributed by atoms with Crippen LogP contribution in [0.3, 0.4) is 0 Å². The normalized spacial score (nSPS) is 10.6. The minimum atomic E-state index is -0.393. The molecule has 0 heterocycles. The lowest BCUT2D eigenvalue weighted by atomic mass is 10.0. The van der Waals surface area contributed by atoms with E-state index in [2.05, 4.69) is 19.7 Å². The van der Waals surface area contributed by atoms with Crippen molar-refractivity contribution in [3.8, 4) is 0 Å². The molecule has 0 aliphatic rings. The summed E-state index contributed by atoms with van der Waals surface area (Å²) in [7, 11) is 0. The number of hydrogen-bond acceptors (Lipinski definition) is 4. The van der Waals surface area contributed by atoms with Gasteiger partial charge in [-0.15, -0.1) is 0 Å². The Morgan fingerprint density at radius 2 is 1.79 bits per heavy atom. The number of esters is 1. The van der Waals surface area contributed by atoms with Gasteiger partial charge in [0.15, 0.2) is 0 Å². The van der Waals surface area contributed by atoms with Crippen molar-refractivity contribution in [2.45, 2.75) is 32.3 Å². The average molecular weight is 268 g/mol. The molecule has 0 bridgehead atoms. The summed E-state index contributed by atoms with van der Waals surface area (Å²) in [5.74, 6) is 0.146. The van der Waals surface area contributed by atoms with Gasteiger partial charge in [-0.2, -0.15) is 0 Å². The van der Waals surface area contributed by atoms with Crippen molar-refractivity contribution < 1.29 is 19.0 Å². The van der Waals surface area contributed by atoms with Gasteiger partial charge in [0, 0.05) is 6.08 Å². The Morgan fingerprint density at radius 1 is 1.11 bits per heavy atom. The summed E-state index contributed by atoms with van der Waals surface area (Å²) in [5, 5.41) is 0. The lowest BCUT2D eigenvalue weighted by Gasteiger charge is -2.25. The molecule has 0 radical (unpaired) electrons. The molecule has 0 saturated carbocycles. The lowest BCUT2D eigenvalue weighted by molar-refractivity contribution is -0.138. The maximum absolute atomic E-state index is 10.8. The van der Waals surface area contributed by atoms with Gasteiger partial charge in [-0.25, -0.2) is 4.79 Å². The third-order valence-corrected chi connectivity index (χ3v) is 2.43. The number of carbonyl (C=O) groups excluding carboxylic acids is 1. The van der Waals surface area contributed by atoms with E-state index < -0.39 is 5.97 Å². The molecule has 0 atom stereocenters. The van der Waals surface area contributed by atoms with Crippen LogP contribution < -0.4 is 0 Å². The molecule has 0 fully saturated rings. The van der Waals surface area contributed by atoms with Crippen LogP contribution in [0.1, 0.15) is 26.7 Å². The van der Waals surface area contributed by atoms with Crippen molar-refractivity contribution in [3.05, 3.63) is 37.6 Å². The number of allylic oxidation sites excluding steroid dienone is 1. The van der Waals surface area contributed by atoms with Crippen LogP contribution in [0.2, 0.25) is 0 Å². The molecular weight excluding hydrogens is 244 g/mol. The van der Waals surface area contributed by atoms with E-state index in [4.69, 9.17) is 14.2 Å². The average Bonchev–Trinajstić information content (AvgIpc) is 2.39. The fraction of sp³-hybridized carbons (Fsp3) is 0.533. The van der Waals surface area contributed by atoms with E-state index in [-0.39, 0.29) is 5.60 Å². The van der Waals surface area contributed by atoms with E-state index in [1.165, 1.54) is 0 Å². The van der Waals surface area contributed by atoms with Crippen LogP contribution in [0.25, 0.3) is 0 Å². The van der Waals surface area contributed by atoms with Gasteiger partial charge in [0.05, 0.1) is 18.8 Å². The second-order valence-corrected chi connectivity index (χ2v) is 4.60. The van der Waals surface area contributed by atoms with Crippen molar-refractivity contribution >= 4 is 5.97 Å². The van der Waals surface area contributed by atoms with Gasteiger partial charge in [0.2, 0.25) is 0 Å². The van der Waals surface area contributed by atoms with Gasteiger partial charge in [-0.05, 0) is 32.8 Å². The van der Waals surface area contributed by atoms with Crippen LogP contribution >= 0.6 is 0 Å². The van der Waals surface area contributed by atoms with Crippen molar-refractivity contribution in [2.75, 3.05) is 19.8 Å². The first-order valence-corrected chi connectivity index (χ1v) is 6.28. The minimum absolute atomic E-state index is 0.278. The zero-order valence-corrected chi connectivity index (χ0v) is 11.9. The van der Waals surface area contributed by atoms with E-state index in [1.807, 2.05) is 13.8 Å². The molecule has 0 amide bonds. The smallest absolute Gasteiger partial charge is 0.330 e. The molecular formula is C15H24O4. The first-order valence-electron chi connectivity index (χ1n) is 6.28. The molecule has 0 aromatic heterocycles. The Kier molecular flexibility index (Phi) is 8.62. The van der Waals surface area contributed by atoms with Crippen LogP contribution in [0.15, 0.2) is 37.6 Å². The van der Waals surface area contributed by atoms with Crippen molar-refractivity contribution in [2.24, 2.45) is 0 Å². The van der Waals surface area contributed by atoms with Gasteiger partial charge < -0.3 is 14.2 Å². The monoisotopic (exact) mass is 268 g/mol. The van der Waals surface area contributed by atoms with Crippen molar-refractivity contribution in [1.82, 2.24) is 0 Å². The molecule has 0 aliphatic carbocycles. The van der Waals surface area contributed by atoms with Gasteiger partial charge in [-0.3, -0.25) is 0 Å². The van der Waals surface area contributed by atoms with Crippen LogP contribution in [-0.2, 0) is 19.0 Å². The predicted octanol–water partition coefficient (Wildman–Crippen LogP) is 3.01. The Morgan fingerprint density at radius 3 is 2.37 bits per heavy atom. The summed E-state index contributed by atoms with van der Waals surface area (Å²) in [6, 6.07) is 0. The molecule has 108 valence electrons. The molecule has 19 heavy (non-hydrogen) atoms. The van der Waals surface area contributed by atoms with E-state index >= 15 is 0 Å². The third kappa shape index (κ3) is 10.1. The van der Waals surface area contributed by atoms with Crippen LogP contribution in [0.4, 0.5) is 0 Å². The summed E-state index contributed by atoms with van der Waals surface area (Å²) in [4.78, 5) is 10.8. The summed E-state index contributed by atoms with van der Waals surface area (Å²) in [6.45, 7) is 15.8. The predicted molar refractivity (Wildman–Crippen MR) is 75.7 cm³/mol. The summed E-state index contributed by atoms with van der Waals surface area (Å²) in [5.41, 5.74) is -0.278. The van der Waals surface area contributed by atoms with Gasteiger partial charge in [-0.1, -0.05) is 19.7 Å². The Balaban J connectivity index is 3.67. The standard InChI is InChI=1S/C15H24O4/c1-6-13(3)17-11-12-19-15(4,5)9-8-10-18-14(16)7-2/h6-7H,1-3,8-12H2,4-5H3. The number of hydrogen-bond donors (Lipinski definition) is 0. The summed E-state index contributed by atoms with van der Waals surface area (Å²) >= 11 is 0. The maximum Gasteiger partial charge on any atom is 0.330 e. The molecule has 0 aliphatic heterocycles. The largest absolute Gasteiger partial charge is 0.492 e. The fourth-order valence-electron chi connectivity index (χ4n) is 1.35.